The number of rotatable bonds is 2. The summed E-state index contributed by atoms with van der Waals surface area (Å²) < 4.78 is 1.29. The fourth-order valence-electron chi connectivity index (χ4n) is 1.27. The van der Waals surface area contributed by atoms with Crippen LogP contribution in [0, 0.1) is 6.92 Å². The van der Waals surface area contributed by atoms with Crippen LogP contribution >= 0.6 is 0 Å². The van der Waals surface area contributed by atoms with Gasteiger partial charge in [-0.15, -0.1) is 0 Å². The second-order valence-corrected chi connectivity index (χ2v) is 2.74. The lowest BCUT2D eigenvalue weighted by molar-refractivity contribution is 0.0683. The van der Waals surface area contributed by atoms with Crippen LogP contribution in [-0.2, 0) is 7.05 Å². The van der Waals surface area contributed by atoms with Crippen LogP contribution in [0.15, 0.2) is 6.20 Å². The van der Waals surface area contributed by atoms with E-state index in [4.69, 9.17) is 10.2 Å². The third kappa shape index (κ3) is 1.40. The Morgan fingerprint density at radius 1 is 1.31 bits per heavy atom. The van der Waals surface area contributed by atoms with Crippen molar-refractivity contribution in [2.45, 2.75) is 6.92 Å². The van der Waals surface area contributed by atoms with E-state index in [1.807, 2.05) is 0 Å². The molecule has 0 amide bonds. The molecule has 0 aliphatic carbocycles. The van der Waals surface area contributed by atoms with Crippen LogP contribution in [-0.4, -0.2) is 26.7 Å². The van der Waals surface area contributed by atoms with Crippen LogP contribution in [0.4, 0.5) is 0 Å². The largest absolute Gasteiger partial charge is 0.478 e. The second-order valence-electron chi connectivity index (χ2n) is 2.74. The lowest BCUT2D eigenvalue weighted by atomic mass is 10.2. The molecule has 0 atom stereocenters. The monoisotopic (exact) mass is 183 g/mol. The van der Waals surface area contributed by atoms with E-state index < -0.39 is 11.9 Å². The molecule has 13 heavy (non-hydrogen) atoms. The molecule has 0 saturated carbocycles. The molecule has 0 aliphatic rings. The number of hydrogen-bond donors (Lipinski definition) is 2. The SMILES string of the molecule is Cc1c(C(=O)O)cn(C)c1C(=O)O. The summed E-state index contributed by atoms with van der Waals surface area (Å²) in [5, 5.41) is 17.4. The Hall–Kier alpha value is -1.78. The summed E-state index contributed by atoms with van der Waals surface area (Å²) >= 11 is 0. The molecule has 0 aromatic carbocycles. The molecule has 2 N–H and O–H groups in total. The van der Waals surface area contributed by atoms with Crippen LogP contribution in [0.2, 0.25) is 0 Å². The van der Waals surface area contributed by atoms with Gasteiger partial charge in [-0.3, -0.25) is 0 Å². The number of carboxylic acid groups (broad SMARTS) is 2. The summed E-state index contributed by atoms with van der Waals surface area (Å²) in [6, 6.07) is 0. The molecule has 5 heteroatoms. The predicted octanol–water partition coefficient (Wildman–Crippen LogP) is 0.730. The normalized spacial score (nSPS) is 10.0. The van der Waals surface area contributed by atoms with Gasteiger partial charge in [0.1, 0.15) is 5.69 Å². The molecule has 1 aromatic rings. The Kier molecular flexibility index (Phi) is 2.10. The zero-order valence-corrected chi connectivity index (χ0v) is 7.24. The number of aromatic carboxylic acids is 2. The van der Waals surface area contributed by atoms with Crippen LogP contribution < -0.4 is 0 Å². The fraction of sp³-hybridized carbons (Fsp3) is 0.250. The molecular weight excluding hydrogens is 174 g/mol. The quantitative estimate of drug-likeness (QED) is 0.708. The van der Waals surface area contributed by atoms with Crippen molar-refractivity contribution in [3.05, 3.63) is 23.0 Å². The number of carboxylic acids is 2. The molecule has 0 saturated heterocycles. The lowest BCUT2D eigenvalue weighted by Gasteiger charge is -1.96. The zero-order valence-electron chi connectivity index (χ0n) is 7.24. The van der Waals surface area contributed by atoms with Gasteiger partial charge >= 0.3 is 11.9 Å². The third-order valence-corrected chi connectivity index (χ3v) is 1.87. The minimum Gasteiger partial charge on any atom is -0.478 e. The van der Waals surface area contributed by atoms with E-state index in [2.05, 4.69) is 0 Å². The Balaban J connectivity index is 3.39. The van der Waals surface area contributed by atoms with Gasteiger partial charge in [-0.05, 0) is 12.5 Å². The summed E-state index contributed by atoms with van der Waals surface area (Å²) in [4.78, 5) is 21.3. The second kappa shape index (κ2) is 2.93. The molecule has 0 fully saturated rings. The Labute approximate surface area is 74.2 Å². The van der Waals surface area contributed by atoms with Crippen LogP contribution in [0.25, 0.3) is 0 Å². The number of aryl methyl sites for hydroxylation is 1. The van der Waals surface area contributed by atoms with Crippen molar-refractivity contribution in [1.82, 2.24) is 4.57 Å². The van der Waals surface area contributed by atoms with Gasteiger partial charge in [0.05, 0.1) is 5.56 Å². The predicted molar refractivity (Wildman–Crippen MR) is 44.1 cm³/mol. The van der Waals surface area contributed by atoms with E-state index in [1.165, 1.54) is 24.7 Å². The highest BCUT2D eigenvalue weighted by Crippen LogP contribution is 2.15. The maximum absolute atomic E-state index is 10.7. The molecule has 5 nitrogen and oxygen atoms in total. The maximum Gasteiger partial charge on any atom is 0.352 e. The van der Waals surface area contributed by atoms with Gasteiger partial charge < -0.3 is 14.8 Å². The summed E-state index contributed by atoms with van der Waals surface area (Å²) in [5.74, 6) is -2.23. The molecule has 0 spiro atoms. The van der Waals surface area contributed by atoms with Crippen LogP contribution in [0.3, 0.4) is 0 Å². The molecular formula is C8H9NO4. The summed E-state index contributed by atoms with van der Waals surface area (Å²) in [6.07, 6.45) is 1.29. The first-order valence-corrected chi connectivity index (χ1v) is 3.57. The fourth-order valence-corrected chi connectivity index (χ4v) is 1.27. The molecule has 0 unspecified atom stereocenters. The van der Waals surface area contributed by atoms with Crippen molar-refractivity contribution in [2.75, 3.05) is 0 Å². The number of aromatic nitrogens is 1. The van der Waals surface area contributed by atoms with Gasteiger partial charge in [0.2, 0.25) is 0 Å². The average Bonchev–Trinajstić information content (AvgIpc) is 2.26. The van der Waals surface area contributed by atoms with E-state index >= 15 is 0 Å². The highest BCUT2D eigenvalue weighted by atomic mass is 16.4. The van der Waals surface area contributed by atoms with E-state index in [-0.39, 0.29) is 16.8 Å². The summed E-state index contributed by atoms with van der Waals surface area (Å²) in [5.41, 5.74) is 0.319. The topological polar surface area (TPSA) is 79.5 Å². The van der Waals surface area contributed by atoms with Crippen LogP contribution in [0.5, 0.6) is 0 Å². The van der Waals surface area contributed by atoms with Crippen molar-refractivity contribution in [1.29, 1.82) is 0 Å². The molecule has 1 aromatic heterocycles. The van der Waals surface area contributed by atoms with Crippen molar-refractivity contribution in [3.63, 3.8) is 0 Å². The lowest BCUT2D eigenvalue weighted by Crippen LogP contribution is -2.05. The molecule has 70 valence electrons. The Bertz CT molecular complexity index is 378. The summed E-state index contributed by atoms with van der Waals surface area (Å²) in [7, 11) is 1.50. The first kappa shape index (κ1) is 9.31. The first-order chi connectivity index (χ1) is 5.95. The molecule has 0 aliphatic heterocycles. The highest BCUT2D eigenvalue weighted by Gasteiger charge is 2.19. The van der Waals surface area contributed by atoms with Gasteiger partial charge in [-0.1, -0.05) is 0 Å². The van der Waals surface area contributed by atoms with Crippen molar-refractivity contribution >= 4 is 11.9 Å². The number of hydrogen-bond acceptors (Lipinski definition) is 2. The molecule has 1 rings (SSSR count). The smallest absolute Gasteiger partial charge is 0.352 e. The van der Waals surface area contributed by atoms with Crippen molar-refractivity contribution in [2.24, 2.45) is 7.05 Å². The number of nitrogens with zero attached hydrogens (tertiary/aromatic N) is 1. The zero-order chi connectivity index (χ0) is 10.2. The van der Waals surface area contributed by atoms with Gasteiger partial charge in [0.15, 0.2) is 0 Å². The van der Waals surface area contributed by atoms with Gasteiger partial charge in [-0.2, -0.15) is 0 Å². The van der Waals surface area contributed by atoms with Gasteiger partial charge in [0.25, 0.3) is 0 Å². The number of carbonyl (C=O) groups is 2. The first-order valence-electron chi connectivity index (χ1n) is 3.57. The maximum atomic E-state index is 10.7. The van der Waals surface area contributed by atoms with Gasteiger partial charge in [0, 0.05) is 13.2 Å². The van der Waals surface area contributed by atoms with E-state index in [1.54, 1.807) is 0 Å². The standard InChI is InChI=1S/C8H9NO4/c1-4-5(7(10)11)3-9(2)6(4)8(12)13/h3H,1-2H3,(H,10,11)(H,12,13). The van der Waals surface area contributed by atoms with Crippen molar-refractivity contribution in [3.8, 4) is 0 Å². The van der Waals surface area contributed by atoms with Gasteiger partial charge in [-0.25, -0.2) is 9.59 Å². The van der Waals surface area contributed by atoms with E-state index in [0.29, 0.717) is 0 Å². The third-order valence-electron chi connectivity index (χ3n) is 1.87. The molecule has 0 bridgehead atoms. The van der Waals surface area contributed by atoms with Crippen LogP contribution in [0.1, 0.15) is 26.4 Å². The summed E-state index contributed by atoms with van der Waals surface area (Å²) in [6.45, 7) is 1.48. The molecule has 1 heterocycles. The molecule has 0 radical (unpaired) electrons. The van der Waals surface area contributed by atoms with E-state index in [0.717, 1.165) is 0 Å². The van der Waals surface area contributed by atoms with E-state index in [9.17, 15) is 9.59 Å². The Morgan fingerprint density at radius 3 is 2.08 bits per heavy atom. The minimum absolute atomic E-state index is 0.0115. The minimum atomic E-state index is -1.12. The Morgan fingerprint density at radius 2 is 1.85 bits per heavy atom. The van der Waals surface area contributed by atoms with Crippen molar-refractivity contribution < 1.29 is 19.8 Å². The highest BCUT2D eigenvalue weighted by molar-refractivity contribution is 5.96. The average molecular weight is 183 g/mol.